The van der Waals surface area contributed by atoms with Crippen molar-refractivity contribution in [1.29, 1.82) is 0 Å². The molecular formula is C20H25N3O4. The average molecular weight is 371 g/mol. The first-order valence-corrected chi connectivity index (χ1v) is 9.19. The van der Waals surface area contributed by atoms with Crippen LogP contribution < -0.4 is 5.32 Å². The molecule has 0 atom stereocenters. The first-order valence-electron chi connectivity index (χ1n) is 9.19. The Kier molecular flexibility index (Phi) is 6.24. The van der Waals surface area contributed by atoms with E-state index in [1.807, 2.05) is 38.1 Å². The largest absolute Gasteiger partial charge is 0.378 e. The van der Waals surface area contributed by atoms with Gasteiger partial charge in [0, 0.05) is 37.2 Å². The monoisotopic (exact) mass is 371 g/mol. The molecular weight excluding hydrogens is 346 g/mol. The molecule has 7 heteroatoms. The molecule has 1 N–H and O–H groups in total. The van der Waals surface area contributed by atoms with Gasteiger partial charge >= 0.3 is 0 Å². The number of ether oxygens (including phenoxy) is 1. The van der Waals surface area contributed by atoms with E-state index in [0.29, 0.717) is 51.3 Å². The lowest BCUT2D eigenvalue weighted by Gasteiger charge is -2.26. The second kappa shape index (κ2) is 8.81. The van der Waals surface area contributed by atoms with Gasteiger partial charge in [-0.05, 0) is 38.0 Å². The highest BCUT2D eigenvalue weighted by Crippen LogP contribution is 2.14. The van der Waals surface area contributed by atoms with E-state index in [1.54, 1.807) is 4.90 Å². The van der Waals surface area contributed by atoms with Crippen molar-refractivity contribution in [3.63, 3.8) is 0 Å². The summed E-state index contributed by atoms with van der Waals surface area (Å²) >= 11 is 0. The number of aryl methyl sites for hydroxylation is 2. The maximum atomic E-state index is 12.4. The lowest BCUT2D eigenvalue weighted by Crippen LogP contribution is -2.40. The zero-order valence-corrected chi connectivity index (χ0v) is 15.8. The van der Waals surface area contributed by atoms with Crippen LogP contribution in [0.25, 0.3) is 0 Å². The molecule has 2 aromatic rings. The fourth-order valence-electron chi connectivity index (χ4n) is 3.10. The summed E-state index contributed by atoms with van der Waals surface area (Å²) in [5, 5.41) is 6.81. The van der Waals surface area contributed by atoms with E-state index in [1.165, 1.54) is 0 Å². The summed E-state index contributed by atoms with van der Waals surface area (Å²) in [4.78, 5) is 26.3. The van der Waals surface area contributed by atoms with Crippen LogP contribution in [0.15, 0.2) is 28.8 Å². The Hall–Kier alpha value is -2.67. The third kappa shape index (κ3) is 4.95. The molecule has 144 valence electrons. The Bertz CT molecular complexity index is 773. The van der Waals surface area contributed by atoms with Gasteiger partial charge in [0.2, 0.25) is 5.91 Å². The minimum absolute atomic E-state index is 0.0216. The van der Waals surface area contributed by atoms with Gasteiger partial charge in [-0.1, -0.05) is 17.3 Å². The molecule has 3 rings (SSSR count). The fourth-order valence-corrected chi connectivity index (χ4v) is 3.10. The minimum Gasteiger partial charge on any atom is -0.378 e. The molecule has 0 bridgehead atoms. The summed E-state index contributed by atoms with van der Waals surface area (Å²) < 4.78 is 10.4. The van der Waals surface area contributed by atoms with Gasteiger partial charge in [0.25, 0.3) is 5.91 Å². The van der Waals surface area contributed by atoms with Crippen LogP contribution in [0.1, 0.15) is 39.4 Å². The van der Waals surface area contributed by atoms with Gasteiger partial charge in [-0.2, -0.15) is 0 Å². The number of rotatable bonds is 6. The van der Waals surface area contributed by atoms with Crippen LogP contribution >= 0.6 is 0 Å². The van der Waals surface area contributed by atoms with Crippen LogP contribution in [0.5, 0.6) is 0 Å². The van der Waals surface area contributed by atoms with E-state index in [2.05, 4.69) is 10.5 Å². The Balaban J connectivity index is 1.46. The summed E-state index contributed by atoms with van der Waals surface area (Å²) in [6, 6.07) is 7.37. The van der Waals surface area contributed by atoms with E-state index < -0.39 is 0 Å². The Labute approximate surface area is 158 Å². The van der Waals surface area contributed by atoms with E-state index in [9.17, 15) is 9.59 Å². The molecule has 1 fully saturated rings. The van der Waals surface area contributed by atoms with Crippen LogP contribution in [-0.2, 0) is 22.5 Å². The number of aromatic nitrogens is 1. The highest BCUT2D eigenvalue weighted by atomic mass is 16.5. The third-order valence-electron chi connectivity index (χ3n) is 4.77. The quantitative estimate of drug-likeness (QED) is 0.840. The van der Waals surface area contributed by atoms with Crippen molar-refractivity contribution in [3.8, 4) is 0 Å². The molecule has 1 aromatic carbocycles. The van der Waals surface area contributed by atoms with Crippen molar-refractivity contribution in [2.45, 2.75) is 33.2 Å². The van der Waals surface area contributed by atoms with Crippen LogP contribution in [-0.4, -0.2) is 48.2 Å². The molecule has 1 saturated heterocycles. The highest BCUT2D eigenvalue weighted by molar-refractivity contribution is 5.94. The third-order valence-corrected chi connectivity index (χ3v) is 4.77. The summed E-state index contributed by atoms with van der Waals surface area (Å²) in [5.41, 5.74) is 3.45. The molecule has 0 radical (unpaired) electrons. The molecule has 2 heterocycles. The number of hydrogen-bond donors (Lipinski definition) is 1. The van der Waals surface area contributed by atoms with Gasteiger partial charge in [-0.3, -0.25) is 9.59 Å². The van der Waals surface area contributed by atoms with E-state index >= 15 is 0 Å². The standard InChI is InChI=1S/C20H25N3O4/c1-14-18(15(2)27-22-14)7-8-19(24)21-13-16-3-5-17(6-4-16)20(25)23-9-11-26-12-10-23/h3-6H,7-13H2,1-2H3,(H,21,24). The zero-order valence-electron chi connectivity index (χ0n) is 15.8. The lowest BCUT2D eigenvalue weighted by atomic mass is 10.1. The maximum absolute atomic E-state index is 12.4. The Morgan fingerprint density at radius 3 is 2.48 bits per heavy atom. The number of benzene rings is 1. The number of nitrogens with zero attached hydrogens (tertiary/aromatic N) is 2. The topological polar surface area (TPSA) is 84.7 Å². The maximum Gasteiger partial charge on any atom is 0.254 e. The van der Waals surface area contributed by atoms with E-state index in [-0.39, 0.29) is 11.8 Å². The molecule has 1 aliphatic rings. The Morgan fingerprint density at radius 2 is 1.85 bits per heavy atom. The fraction of sp³-hybridized carbons (Fsp3) is 0.450. The number of carbonyl (C=O) groups is 2. The molecule has 1 aromatic heterocycles. The predicted molar refractivity (Wildman–Crippen MR) is 99.3 cm³/mol. The molecule has 0 spiro atoms. The number of hydrogen-bond acceptors (Lipinski definition) is 5. The molecule has 1 aliphatic heterocycles. The summed E-state index contributed by atoms with van der Waals surface area (Å²) in [7, 11) is 0. The van der Waals surface area contributed by atoms with Crippen molar-refractivity contribution in [3.05, 3.63) is 52.4 Å². The van der Waals surface area contributed by atoms with Crippen molar-refractivity contribution < 1.29 is 18.8 Å². The van der Waals surface area contributed by atoms with Crippen LogP contribution in [0, 0.1) is 13.8 Å². The van der Waals surface area contributed by atoms with Gasteiger partial charge in [-0.15, -0.1) is 0 Å². The number of amides is 2. The Morgan fingerprint density at radius 1 is 1.15 bits per heavy atom. The van der Waals surface area contributed by atoms with Crippen LogP contribution in [0.2, 0.25) is 0 Å². The molecule has 2 amide bonds. The first kappa shape index (κ1) is 19.1. The van der Waals surface area contributed by atoms with Crippen molar-refractivity contribution in [1.82, 2.24) is 15.4 Å². The smallest absolute Gasteiger partial charge is 0.254 e. The highest BCUT2D eigenvalue weighted by Gasteiger charge is 2.18. The van der Waals surface area contributed by atoms with Gasteiger partial charge in [0.1, 0.15) is 5.76 Å². The molecule has 0 aliphatic carbocycles. The first-order chi connectivity index (χ1) is 13.0. The van der Waals surface area contributed by atoms with Gasteiger partial charge in [0.15, 0.2) is 0 Å². The molecule has 7 nitrogen and oxygen atoms in total. The van der Waals surface area contributed by atoms with E-state index in [0.717, 1.165) is 22.6 Å². The SMILES string of the molecule is Cc1noc(C)c1CCC(=O)NCc1ccc(C(=O)N2CCOCC2)cc1. The average Bonchev–Trinajstić information content (AvgIpc) is 3.03. The van der Waals surface area contributed by atoms with Gasteiger partial charge < -0.3 is 19.5 Å². The molecule has 27 heavy (non-hydrogen) atoms. The minimum atomic E-state index is -0.0246. The molecule has 0 saturated carbocycles. The van der Waals surface area contributed by atoms with Gasteiger partial charge in [0.05, 0.1) is 18.9 Å². The second-order valence-corrected chi connectivity index (χ2v) is 6.68. The number of carbonyl (C=O) groups excluding carboxylic acids is 2. The lowest BCUT2D eigenvalue weighted by molar-refractivity contribution is -0.121. The van der Waals surface area contributed by atoms with Gasteiger partial charge in [-0.25, -0.2) is 0 Å². The van der Waals surface area contributed by atoms with Crippen LogP contribution in [0.4, 0.5) is 0 Å². The van der Waals surface area contributed by atoms with Crippen molar-refractivity contribution >= 4 is 11.8 Å². The number of morpholine rings is 1. The van der Waals surface area contributed by atoms with E-state index in [4.69, 9.17) is 9.26 Å². The summed E-state index contributed by atoms with van der Waals surface area (Å²) in [6.07, 6.45) is 0.997. The van der Waals surface area contributed by atoms with Crippen molar-refractivity contribution in [2.24, 2.45) is 0 Å². The second-order valence-electron chi connectivity index (χ2n) is 6.68. The summed E-state index contributed by atoms with van der Waals surface area (Å²) in [5.74, 6) is 0.762. The molecule has 0 unspecified atom stereocenters. The normalized spacial score (nSPS) is 14.2. The van der Waals surface area contributed by atoms with Crippen molar-refractivity contribution in [2.75, 3.05) is 26.3 Å². The predicted octanol–water partition coefficient (Wildman–Crippen LogP) is 2.01. The number of nitrogens with one attached hydrogen (secondary N) is 1. The summed E-state index contributed by atoms with van der Waals surface area (Å²) in [6.45, 7) is 6.60. The van der Waals surface area contributed by atoms with Crippen LogP contribution in [0.3, 0.4) is 0 Å². The zero-order chi connectivity index (χ0) is 19.2.